The van der Waals surface area contributed by atoms with Crippen LogP contribution in [0.5, 0.6) is 0 Å². The minimum absolute atomic E-state index is 0.103. The van der Waals surface area contributed by atoms with Crippen LogP contribution in [0.1, 0.15) is 16.8 Å². The van der Waals surface area contributed by atoms with Gasteiger partial charge in [-0.05, 0) is 18.2 Å². The molecule has 2 amide bonds. The zero-order chi connectivity index (χ0) is 14.6. The maximum atomic E-state index is 11.9. The fourth-order valence-electron chi connectivity index (χ4n) is 1.31. The zero-order valence-electron chi connectivity index (χ0n) is 9.52. The van der Waals surface area contributed by atoms with Gasteiger partial charge in [-0.1, -0.05) is 27.5 Å². The molecule has 0 heterocycles. The fourth-order valence-corrected chi connectivity index (χ4v) is 1.87. The number of benzene rings is 1. The van der Waals surface area contributed by atoms with Gasteiger partial charge in [0.15, 0.2) is 0 Å². The summed E-state index contributed by atoms with van der Waals surface area (Å²) in [5.41, 5.74) is 5.02. The Balaban J connectivity index is 2.90. The van der Waals surface area contributed by atoms with E-state index >= 15 is 0 Å². The Kier molecular flexibility index (Phi) is 5.31. The van der Waals surface area contributed by atoms with E-state index in [2.05, 4.69) is 21.2 Å². The molecule has 0 radical (unpaired) electrons. The molecule has 0 aliphatic heterocycles. The van der Waals surface area contributed by atoms with Crippen LogP contribution in [0.25, 0.3) is 0 Å². The van der Waals surface area contributed by atoms with Crippen LogP contribution in [0.15, 0.2) is 22.7 Å². The minimum atomic E-state index is -1.39. The maximum absolute atomic E-state index is 11.9. The van der Waals surface area contributed by atoms with Crippen molar-refractivity contribution in [3.8, 4) is 0 Å². The summed E-state index contributed by atoms with van der Waals surface area (Å²) in [4.78, 5) is 33.5. The van der Waals surface area contributed by atoms with E-state index in [1.54, 1.807) is 6.07 Å². The lowest BCUT2D eigenvalue weighted by molar-refractivity contribution is -0.140. The summed E-state index contributed by atoms with van der Waals surface area (Å²) >= 11 is 9.01. The summed E-state index contributed by atoms with van der Waals surface area (Å²) < 4.78 is 0.615. The van der Waals surface area contributed by atoms with Crippen molar-refractivity contribution in [3.63, 3.8) is 0 Å². The monoisotopic (exact) mass is 348 g/mol. The molecule has 8 heteroatoms. The highest BCUT2D eigenvalue weighted by molar-refractivity contribution is 9.10. The molecule has 19 heavy (non-hydrogen) atoms. The highest BCUT2D eigenvalue weighted by Crippen LogP contribution is 2.21. The molecule has 0 unspecified atom stereocenters. The molecular weight excluding hydrogens is 339 g/mol. The van der Waals surface area contributed by atoms with Crippen LogP contribution in [0.4, 0.5) is 0 Å². The highest BCUT2D eigenvalue weighted by atomic mass is 79.9. The summed E-state index contributed by atoms with van der Waals surface area (Å²) in [6.45, 7) is 0. The van der Waals surface area contributed by atoms with Crippen molar-refractivity contribution in [2.75, 3.05) is 0 Å². The maximum Gasteiger partial charge on any atom is 0.326 e. The number of hydrogen-bond acceptors (Lipinski definition) is 3. The molecule has 0 saturated carbocycles. The SMILES string of the molecule is NC(=O)C[C@H](NC(=O)c1cc(Br)ccc1Cl)C(=O)O. The number of hydrogen-bond donors (Lipinski definition) is 3. The number of primary amides is 1. The van der Waals surface area contributed by atoms with Gasteiger partial charge in [-0.25, -0.2) is 4.79 Å². The van der Waals surface area contributed by atoms with E-state index in [0.717, 1.165) is 0 Å². The number of amides is 2. The lowest BCUT2D eigenvalue weighted by atomic mass is 10.1. The summed E-state index contributed by atoms with van der Waals surface area (Å²) in [6, 6.07) is 3.18. The lowest BCUT2D eigenvalue weighted by Gasteiger charge is -2.13. The van der Waals surface area contributed by atoms with Gasteiger partial charge in [0.1, 0.15) is 6.04 Å². The second-order valence-corrected chi connectivity index (χ2v) is 4.98. The Labute approximate surface area is 122 Å². The molecule has 4 N–H and O–H groups in total. The third-order valence-corrected chi connectivity index (χ3v) is 3.00. The number of rotatable bonds is 5. The number of nitrogens with two attached hydrogens (primary N) is 1. The van der Waals surface area contributed by atoms with E-state index in [4.69, 9.17) is 22.4 Å². The van der Waals surface area contributed by atoms with Crippen molar-refractivity contribution in [1.82, 2.24) is 5.32 Å². The lowest BCUT2D eigenvalue weighted by Crippen LogP contribution is -2.43. The third-order valence-electron chi connectivity index (χ3n) is 2.18. The number of carboxylic acid groups (broad SMARTS) is 1. The molecule has 0 bridgehead atoms. The first-order valence-electron chi connectivity index (χ1n) is 5.08. The summed E-state index contributed by atoms with van der Waals surface area (Å²) in [5.74, 6) is -2.87. The number of aliphatic carboxylic acids is 1. The van der Waals surface area contributed by atoms with E-state index in [1.165, 1.54) is 12.1 Å². The van der Waals surface area contributed by atoms with Gasteiger partial charge in [-0.2, -0.15) is 0 Å². The quantitative estimate of drug-likeness (QED) is 0.741. The molecule has 0 aliphatic carbocycles. The Morgan fingerprint density at radius 1 is 1.42 bits per heavy atom. The molecule has 1 aromatic carbocycles. The van der Waals surface area contributed by atoms with Gasteiger partial charge >= 0.3 is 5.97 Å². The van der Waals surface area contributed by atoms with Crippen molar-refractivity contribution in [1.29, 1.82) is 0 Å². The van der Waals surface area contributed by atoms with Crippen LogP contribution in [0, 0.1) is 0 Å². The standard InChI is InChI=1S/C11H10BrClN2O4/c12-5-1-2-7(13)6(3-5)10(17)15-8(11(18)19)4-9(14)16/h1-3,8H,4H2,(H2,14,16)(H,15,17)(H,18,19)/t8-/m0/s1. The molecular formula is C11H10BrClN2O4. The number of nitrogens with one attached hydrogen (secondary N) is 1. The number of carbonyl (C=O) groups excluding carboxylic acids is 2. The highest BCUT2D eigenvalue weighted by Gasteiger charge is 2.23. The van der Waals surface area contributed by atoms with Crippen LogP contribution >= 0.6 is 27.5 Å². The van der Waals surface area contributed by atoms with Gasteiger partial charge in [-0.15, -0.1) is 0 Å². The van der Waals surface area contributed by atoms with Gasteiger partial charge in [0, 0.05) is 4.47 Å². The van der Waals surface area contributed by atoms with Gasteiger partial charge < -0.3 is 16.2 Å². The smallest absolute Gasteiger partial charge is 0.326 e. The predicted octanol–water partition coefficient (Wildman–Crippen LogP) is 1.16. The predicted molar refractivity (Wildman–Crippen MR) is 71.9 cm³/mol. The van der Waals surface area contributed by atoms with Crippen molar-refractivity contribution in [2.45, 2.75) is 12.5 Å². The molecule has 6 nitrogen and oxygen atoms in total. The van der Waals surface area contributed by atoms with E-state index in [0.29, 0.717) is 4.47 Å². The molecule has 0 aliphatic rings. The topological polar surface area (TPSA) is 109 Å². The van der Waals surface area contributed by atoms with E-state index < -0.39 is 30.2 Å². The van der Waals surface area contributed by atoms with Crippen LogP contribution in [0.3, 0.4) is 0 Å². The summed E-state index contributed by atoms with van der Waals surface area (Å²) in [5, 5.41) is 11.2. The summed E-state index contributed by atoms with van der Waals surface area (Å²) in [7, 11) is 0. The molecule has 102 valence electrons. The van der Waals surface area contributed by atoms with Gasteiger partial charge in [-0.3, -0.25) is 9.59 Å². The molecule has 0 fully saturated rings. The molecule has 0 aromatic heterocycles. The average molecular weight is 350 g/mol. The van der Waals surface area contributed by atoms with E-state index in [1.807, 2.05) is 0 Å². The average Bonchev–Trinajstić information content (AvgIpc) is 2.30. The van der Waals surface area contributed by atoms with Gasteiger partial charge in [0.05, 0.1) is 17.0 Å². The van der Waals surface area contributed by atoms with Crippen molar-refractivity contribution < 1.29 is 19.5 Å². The van der Waals surface area contributed by atoms with E-state index in [9.17, 15) is 14.4 Å². The van der Waals surface area contributed by atoms with Crippen LogP contribution < -0.4 is 11.1 Å². The van der Waals surface area contributed by atoms with Crippen LogP contribution in [0.2, 0.25) is 5.02 Å². The normalized spacial score (nSPS) is 11.7. The second kappa shape index (κ2) is 6.53. The minimum Gasteiger partial charge on any atom is -0.480 e. The van der Waals surface area contributed by atoms with Gasteiger partial charge in [0.25, 0.3) is 5.91 Å². The molecule has 0 spiro atoms. The first-order chi connectivity index (χ1) is 8.81. The Bertz CT molecular complexity index is 535. The first kappa shape index (κ1) is 15.5. The molecule has 1 rings (SSSR count). The van der Waals surface area contributed by atoms with Gasteiger partial charge in [0.2, 0.25) is 5.91 Å². The van der Waals surface area contributed by atoms with Crippen LogP contribution in [-0.4, -0.2) is 28.9 Å². The van der Waals surface area contributed by atoms with Crippen LogP contribution in [-0.2, 0) is 9.59 Å². The number of halogens is 2. The second-order valence-electron chi connectivity index (χ2n) is 3.66. The van der Waals surface area contributed by atoms with E-state index in [-0.39, 0.29) is 10.6 Å². The molecule has 1 aromatic rings. The first-order valence-corrected chi connectivity index (χ1v) is 6.25. The Hall–Kier alpha value is -1.60. The Morgan fingerprint density at radius 3 is 2.58 bits per heavy atom. The zero-order valence-corrected chi connectivity index (χ0v) is 11.9. The van der Waals surface area contributed by atoms with Crippen molar-refractivity contribution in [2.24, 2.45) is 5.73 Å². The van der Waals surface area contributed by atoms with Crippen molar-refractivity contribution in [3.05, 3.63) is 33.3 Å². The number of carbonyl (C=O) groups is 3. The largest absolute Gasteiger partial charge is 0.480 e. The third kappa shape index (κ3) is 4.53. The van der Waals surface area contributed by atoms with Crippen molar-refractivity contribution >= 4 is 45.3 Å². The summed E-state index contributed by atoms with van der Waals surface area (Å²) in [6.07, 6.45) is -0.493. The molecule has 1 atom stereocenters. The number of carboxylic acids is 1. The molecule has 0 saturated heterocycles. The Morgan fingerprint density at radius 2 is 2.05 bits per heavy atom. The fraction of sp³-hybridized carbons (Fsp3) is 0.182.